The van der Waals surface area contributed by atoms with Crippen molar-refractivity contribution in [2.45, 2.75) is 0 Å². The van der Waals surface area contributed by atoms with E-state index in [4.69, 9.17) is 0 Å². The van der Waals surface area contributed by atoms with Gasteiger partial charge in [-0.25, -0.2) is 0 Å². The normalized spacial score (nSPS) is 11.7. The van der Waals surface area contributed by atoms with Gasteiger partial charge in [0.2, 0.25) is 0 Å². The molecule has 0 aliphatic rings. The van der Waals surface area contributed by atoms with Crippen molar-refractivity contribution in [3.05, 3.63) is 230 Å². The maximum atomic E-state index is 2.45. The van der Waals surface area contributed by atoms with Crippen LogP contribution in [0.2, 0.25) is 0 Å². The molecule has 0 heteroatoms. The summed E-state index contributed by atoms with van der Waals surface area (Å²) >= 11 is 0. The Morgan fingerprint density at radius 3 is 1.22 bits per heavy atom. The lowest BCUT2D eigenvalue weighted by atomic mass is 9.83. The third kappa shape index (κ3) is 5.95. The van der Waals surface area contributed by atoms with Crippen LogP contribution in [0.5, 0.6) is 0 Å². The van der Waals surface area contributed by atoms with Crippen LogP contribution in [-0.2, 0) is 0 Å². The van der Waals surface area contributed by atoms with Crippen LogP contribution in [-0.4, -0.2) is 0 Å². The molecule has 0 bridgehead atoms. The average Bonchev–Trinajstić information content (AvgIpc) is 3.30. The van der Waals surface area contributed by atoms with Crippen LogP contribution in [0.25, 0.3) is 111 Å². The Hall–Kier alpha value is -7.54. The third-order valence-corrected chi connectivity index (χ3v) is 11.8. The van der Waals surface area contributed by atoms with Gasteiger partial charge in [0.05, 0.1) is 0 Å². The van der Waals surface area contributed by atoms with E-state index in [2.05, 4.69) is 231 Å². The van der Waals surface area contributed by atoms with Gasteiger partial charge in [0.1, 0.15) is 0 Å². The number of benzene rings is 11. The van der Waals surface area contributed by atoms with Gasteiger partial charge in [-0.2, -0.15) is 0 Å². The zero-order valence-corrected chi connectivity index (χ0v) is 31.9. The number of hydrogen-bond acceptors (Lipinski definition) is 0. The molecule has 0 nitrogen and oxygen atoms in total. The van der Waals surface area contributed by atoms with E-state index in [1.54, 1.807) is 0 Å². The molecule has 0 aliphatic carbocycles. The van der Waals surface area contributed by atoms with E-state index in [9.17, 15) is 0 Å². The predicted molar refractivity (Wildman–Crippen MR) is 251 cm³/mol. The smallest absolute Gasteiger partial charge is 0.00259 e. The van der Waals surface area contributed by atoms with Crippen LogP contribution in [0.1, 0.15) is 11.1 Å². The van der Waals surface area contributed by atoms with Crippen LogP contribution in [0, 0.1) is 0 Å². The van der Waals surface area contributed by atoms with Gasteiger partial charge in [-0.1, -0.05) is 212 Å². The molecule has 0 aliphatic heterocycles. The second-order valence-corrected chi connectivity index (χ2v) is 15.3. The Kier molecular flexibility index (Phi) is 8.26. The predicted octanol–water partition coefficient (Wildman–Crippen LogP) is 16.3. The Labute approximate surface area is 338 Å². The van der Waals surface area contributed by atoms with Crippen molar-refractivity contribution in [3.8, 4) is 44.5 Å². The minimum absolute atomic E-state index is 1.18. The fraction of sp³-hybridized carbons (Fsp3) is 0. The number of rotatable bonds is 6. The molecule has 270 valence electrons. The summed E-state index contributed by atoms with van der Waals surface area (Å²) in [4.78, 5) is 0. The highest BCUT2D eigenvalue weighted by Gasteiger charge is 2.19. The van der Waals surface area contributed by atoms with E-state index in [0.717, 1.165) is 0 Å². The van der Waals surface area contributed by atoms with Gasteiger partial charge in [0.15, 0.2) is 0 Å². The maximum Gasteiger partial charge on any atom is -0.00259 e. The molecule has 0 unspecified atom stereocenters. The lowest BCUT2D eigenvalue weighted by Crippen LogP contribution is -1.92. The molecular formula is C58H38. The first-order valence-electron chi connectivity index (χ1n) is 20.1. The zero-order chi connectivity index (χ0) is 38.4. The van der Waals surface area contributed by atoms with Crippen molar-refractivity contribution >= 4 is 66.0 Å². The molecule has 0 saturated heterocycles. The van der Waals surface area contributed by atoms with Crippen molar-refractivity contribution in [2.24, 2.45) is 0 Å². The highest BCUT2D eigenvalue weighted by Crippen LogP contribution is 2.46. The van der Waals surface area contributed by atoms with E-state index in [1.165, 1.54) is 109 Å². The first-order valence-corrected chi connectivity index (χ1v) is 20.1. The molecule has 0 atom stereocenters. The lowest BCUT2D eigenvalue weighted by Gasteiger charge is -2.20. The second-order valence-electron chi connectivity index (χ2n) is 15.3. The van der Waals surface area contributed by atoms with Crippen molar-refractivity contribution in [1.29, 1.82) is 0 Å². The van der Waals surface area contributed by atoms with Gasteiger partial charge < -0.3 is 0 Å². The van der Waals surface area contributed by atoms with Crippen molar-refractivity contribution < 1.29 is 0 Å². The molecule has 0 aromatic heterocycles. The SMILES string of the molecule is C(=Cc1ccc(-c2ccc(-c3ccc4c(-c5ccc6ccccc6c5)c5ccccc5c(-c5ccc6ccccc6c5)c4c3)c3ccccc23)cc1)c1ccccc1. The average molecular weight is 735 g/mol. The Morgan fingerprint density at radius 1 is 0.224 bits per heavy atom. The first kappa shape index (κ1) is 33.8. The fourth-order valence-corrected chi connectivity index (χ4v) is 8.99. The van der Waals surface area contributed by atoms with E-state index in [0.29, 0.717) is 0 Å². The van der Waals surface area contributed by atoms with Gasteiger partial charge in [-0.15, -0.1) is 0 Å². The summed E-state index contributed by atoms with van der Waals surface area (Å²) in [6.45, 7) is 0. The highest BCUT2D eigenvalue weighted by molar-refractivity contribution is 6.23. The lowest BCUT2D eigenvalue weighted by molar-refractivity contribution is 1.61. The molecule has 0 radical (unpaired) electrons. The van der Waals surface area contributed by atoms with Crippen LogP contribution in [0.3, 0.4) is 0 Å². The zero-order valence-electron chi connectivity index (χ0n) is 31.9. The second kappa shape index (κ2) is 14.2. The fourth-order valence-electron chi connectivity index (χ4n) is 8.99. The van der Waals surface area contributed by atoms with Crippen LogP contribution in [0.4, 0.5) is 0 Å². The largest absolute Gasteiger partial charge is 0.0622 e. The summed E-state index contributed by atoms with van der Waals surface area (Å²) in [5.41, 5.74) is 12.3. The maximum absolute atomic E-state index is 2.45. The third-order valence-electron chi connectivity index (χ3n) is 11.8. The van der Waals surface area contributed by atoms with Crippen LogP contribution < -0.4 is 0 Å². The minimum Gasteiger partial charge on any atom is -0.0622 e. The van der Waals surface area contributed by atoms with Crippen molar-refractivity contribution in [3.63, 3.8) is 0 Å². The summed E-state index contributed by atoms with van der Waals surface area (Å²) < 4.78 is 0. The summed E-state index contributed by atoms with van der Waals surface area (Å²) in [5.74, 6) is 0. The Bertz CT molecular complexity index is 3370. The summed E-state index contributed by atoms with van der Waals surface area (Å²) in [5, 5.41) is 12.5. The highest BCUT2D eigenvalue weighted by atomic mass is 14.2. The van der Waals surface area contributed by atoms with E-state index in [1.807, 2.05) is 0 Å². The quantitative estimate of drug-likeness (QED) is 0.118. The van der Waals surface area contributed by atoms with Gasteiger partial charge in [-0.3, -0.25) is 0 Å². The first-order chi connectivity index (χ1) is 28.7. The van der Waals surface area contributed by atoms with E-state index in [-0.39, 0.29) is 0 Å². The van der Waals surface area contributed by atoms with E-state index < -0.39 is 0 Å². The topological polar surface area (TPSA) is 0 Å². The molecule has 0 spiro atoms. The molecule has 11 rings (SSSR count). The van der Waals surface area contributed by atoms with Crippen LogP contribution >= 0.6 is 0 Å². The molecule has 0 fully saturated rings. The minimum atomic E-state index is 1.18. The molecule has 0 heterocycles. The molecule has 11 aromatic rings. The monoisotopic (exact) mass is 734 g/mol. The van der Waals surface area contributed by atoms with Crippen LogP contribution in [0.15, 0.2) is 218 Å². The standard InChI is InChI=1S/C58H38/c1-2-12-39(13-3-1)22-23-40-24-26-43(27-25-40)49-34-35-50(52-19-9-8-18-51(49)52)46-32-33-55-56(38-46)58(48-31-29-42-15-5-7-17-45(42)37-48)54-21-11-10-20-53(54)57(55)47-30-28-41-14-4-6-16-44(41)36-47/h1-38H. The Morgan fingerprint density at radius 2 is 0.638 bits per heavy atom. The van der Waals surface area contributed by atoms with E-state index >= 15 is 0 Å². The van der Waals surface area contributed by atoms with Gasteiger partial charge in [0, 0.05) is 0 Å². The molecular weight excluding hydrogens is 697 g/mol. The number of hydrogen-bond donors (Lipinski definition) is 0. The van der Waals surface area contributed by atoms with Gasteiger partial charge in [-0.05, 0) is 128 Å². The van der Waals surface area contributed by atoms with Gasteiger partial charge >= 0.3 is 0 Å². The number of fused-ring (bicyclic) bond motifs is 5. The summed E-state index contributed by atoms with van der Waals surface area (Å²) in [6.07, 6.45) is 4.35. The summed E-state index contributed by atoms with van der Waals surface area (Å²) in [7, 11) is 0. The molecule has 0 saturated carbocycles. The molecule has 0 amide bonds. The molecule has 0 N–H and O–H groups in total. The Balaban J connectivity index is 1.11. The van der Waals surface area contributed by atoms with Gasteiger partial charge in [0.25, 0.3) is 0 Å². The van der Waals surface area contributed by atoms with Crippen molar-refractivity contribution in [2.75, 3.05) is 0 Å². The molecule has 11 aromatic carbocycles. The summed E-state index contributed by atoms with van der Waals surface area (Å²) in [6, 6.07) is 80.2. The van der Waals surface area contributed by atoms with Crippen molar-refractivity contribution in [1.82, 2.24) is 0 Å². The molecule has 58 heavy (non-hydrogen) atoms.